The average Bonchev–Trinajstić information content (AvgIpc) is 2.41. The second-order valence-corrected chi connectivity index (χ2v) is 4.32. The molecule has 0 aliphatic heterocycles. The molecule has 2 aromatic rings. The highest BCUT2D eigenvalue weighted by atomic mass is 35.5. The van der Waals surface area contributed by atoms with Gasteiger partial charge in [-0.3, -0.25) is 4.79 Å². The fraction of sp³-hybridized carbons (Fsp3) is 0.231. The minimum absolute atomic E-state index is 0.104. The Hall–Kier alpha value is -1.81. The molecule has 0 bridgehead atoms. The van der Waals surface area contributed by atoms with Crippen molar-refractivity contribution in [3.63, 3.8) is 0 Å². The zero-order valence-electron chi connectivity index (χ0n) is 9.98. The van der Waals surface area contributed by atoms with Crippen LogP contribution >= 0.6 is 11.6 Å². The molecule has 0 aliphatic rings. The van der Waals surface area contributed by atoms with Gasteiger partial charge in [-0.1, -0.05) is 48.9 Å². The van der Waals surface area contributed by atoms with E-state index in [0.717, 1.165) is 12.0 Å². The van der Waals surface area contributed by atoms with E-state index < -0.39 is 0 Å². The van der Waals surface area contributed by atoms with Gasteiger partial charge in [-0.05, 0) is 12.0 Å². The summed E-state index contributed by atoms with van der Waals surface area (Å²) < 4.78 is 0. The molecule has 0 saturated carbocycles. The summed E-state index contributed by atoms with van der Waals surface area (Å²) in [5.41, 5.74) is 1.32. The van der Waals surface area contributed by atoms with Crippen LogP contribution in [-0.2, 0) is 0 Å². The first-order chi connectivity index (χ1) is 8.72. The zero-order chi connectivity index (χ0) is 13.0. The molecular weight excluding hydrogens is 250 g/mol. The number of halogens is 1. The number of nitrogens with zero attached hydrogens (tertiary/aromatic N) is 1. The summed E-state index contributed by atoms with van der Waals surface area (Å²) >= 11 is 5.94. The molecule has 1 aromatic carbocycles. The highest BCUT2D eigenvalue weighted by molar-refractivity contribution is 6.32. The predicted molar refractivity (Wildman–Crippen MR) is 73.0 cm³/mol. The Morgan fingerprint density at radius 2 is 2.11 bits per heavy atom. The van der Waals surface area contributed by atoms with Crippen molar-refractivity contribution < 1.29 is 0 Å². The molecule has 0 amide bonds. The lowest BCUT2D eigenvalue weighted by molar-refractivity contribution is 0.747. The number of benzene rings is 1. The highest BCUT2D eigenvalue weighted by Gasteiger charge is 2.12. The maximum atomic E-state index is 11.4. The third-order valence-electron chi connectivity index (χ3n) is 2.74. The monoisotopic (exact) mass is 263 g/mol. The van der Waals surface area contributed by atoms with Gasteiger partial charge in [-0.25, -0.2) is 5.10 Å². The first kappa shape index (κ1) is 12.6. The van der Waals surface area contributed by atoms with Gasteiger partial charge in [-0.2, -0.15) is 5.10 Å². The van der Waals surface area contributed by atoms with Gasteiger partial charge in [0.2, 0.25) is 0 Å². The van der Waals surface area contributed by atoms with Crippen molar-refractivity contribution in [3.8, 4) is 0 Å². The van der Waals surface area contributed by atoms with E-state index in [4.69, 9.17) is 11.6 Å². The van der Waals surface area contributed by atoms with E-state index in [2.05, 4.69) is 22.4 Å². The second kappa shape index (κ2) is 5.69. The Bertz CT molecular complexity index is 568. The van der Waals surface area contributed by atoms with Gasteiger partial charge in [-0.15, -0.1) is 0 Å². The molecule has 1 heterocycles. The highest BCUT2D eigenvalue weighted by Crippen LogP contribution is 2.24. The molecule has 0 saturated heterocycles. The minimum atomic E-state index is -0.385. The van der Waals surface area contributed by atoms with Crippen LogP contribution in [0, 0.1) is 0 Å². The lowest BCUT2D eigenvalue weighted by atomic mass is 10.0. The first-order valence-corrected chi connectivity index (χ1v) is 6.14. The Kier molecular flexibility index (Phi) is 3.99. The van der Waals surface area contributed by atoms with Gasteiger partial charge in [0.25, 0.3) is 5.56 Å². The zero-order valence-corrected chi connectivity index (χ0v) is 10.7. The van der Waals surface area contributed by atoms with Gasteiger partial charge < -0.3 is 5.32 Å². The van der Waals surface area contributed by atoms with Crippen LogP contribution in [-0.4, -0.2) is 10.2 Å². The van der Waals surface area contributed by atoms with Crippen LogP contribution in [0.15, 0.2) is 41.3 Å². The first-order valence-electron chi connectivity index (χ1n) is 5.77. The van der Waals surface area contributed by atoms with Crippen LogP contribution in [0.3, 0.4) is 0 Å². The Morgan fingerprint density at radius 1 is 1.39 bits per heavy atom. The van der Waals surface area contributed by atoms with Gasteiger partial charge in [0.05, 0.1) is 17.9 Å². The van der Waals surface area contributed by atoms with E-state index in [0.29, 0.717) is 5.69 Å². The molecule has 1 atom stereocenters. The lowest BCUT2D eigenvalue weighted by Gasteiger charge is -2.18. The number of hydrogen-bond donors (Lipinski definition) is 2. The summed E-state index contributed by atoms with van der Waals surface area (Å²) in [6.07, 6.45) is 2.41. The Morgan fingerprint density at radius 3 is 2.78 bits per heavy atom. The van der Waals surface area contributed by atoms with Crippen molar-refractivity contribution in [2.75, 3.05) is 5.32 Å². The largest absolute Gasteiger partial charge is 0.376 e. The molecule has 0 radical (unpaired) electrons. The average molecular weight is 264 g/mol. The number of rotatable bonds is 4. The summed E-state index contributed by atoms with van der Waals surface area (Å²) in [6.45, 7) is 2.07. The van der Waals surface area contributed by atoms with Crippen molar-refractivity contribution in [2.45, 2.75) is 19.4 Å². The summed E-state index contributed by atoms with van der Waals surface area (Å²) in [5.74, 6) is 0. The number of aromatic nitrogens is 2. The number of hydrogen-bond acceptors (Lipinski definition) is 3. The van der Waals surface area contributed by atoms with E-state index in [9.17, 15) is 4.79 Å². The minimum Gasteiger partial charge on any atom is -0.376 e. The molecule has 5 heteroatoms. The molecule has 0 aliphatic carbocycles. The number of H-pyrrole nitrogens is 1. The standard InChI is InChI=1S/C13H14ClN3O/c1-2-10(9-6-4-3-5-7-9)16-11-8-15-17-13(18)12(11)14/h3-8,10H,2H2,1H3,(H2,16,17,18). The Balaban J connectivity index is 2.26. The van der Waals surface area contributed by atoms with Crippen molar-refractivity contribution in [3.05, 3.63) is 57.5 Å². The molecule has 18 heavy (non-hydrogen) atoms. The second-order valence-electron chi connectivity index (χ2n) is 3.94. The SMILES string of the molecule is CCC(Nc1cn[nH]c(=O)c1Cl)c1ccccc1. The molecular formula is C13H14ClN3O. The van der Waals surface area contributed by atoms with Crippen LogP contribution in [0.4, 0.5) is 5.69 Å². The van der Waals surface area contributed by atoms with Crippen LogP contribution in [0.25, 0.3) is 0 Å². The molecule has 0 spiro atoms. The van der Waals surface area contributed by atoms with Crippen LogP contribution in [0.5, 0.6) is 0 Å². The van der Waals surface area contributed by atoms with E-state index in [-0.39, 0.29) is 16.6 Å². The molecule has 94 valence electrons. The number of nitrogens with one attached hydrogen (secondary N) is 2. The summed E-state index contributed by atoms with van der Waals surface area (Å²) in [6, 6.07) is 10.1. The lowest BCUT2D eigenvalue weighted by Crippen LogP contribution is -2.15. The van der Waals surface area contributed by atoms with E-state index in [1.165, 1.54) is 6.20 Å². The van der Waals surface area contributed by atoms with Gasteiger partial charge >= 0.3 is 0 Å². The normalized spacial score (nSPS) is 12.1. The van der Waals surface area contributed by atoms with E-state index >= 15 is 0 Å². The molecule has 2 rings (SSSR count). The fourth-order valence-electron chi connectivity index (χ4n) is 1.78. The van der Waals surface area contributed by atoms with Gasteiger partial charge in [0.15, 0.2) is 0 Å². The molecule has 1 unspecified atom stereocenters. The third-order valence-corrected chi connectivity index (χ3v) is 3.11. The summed E-state index contributed by atoms with van der Waals surface area (Å²) in [7, 11) is 0. The topological polar surface area (TPSA) is 57.8 Å². The van der Waals surface area contributed by atoms with E-state index in [1.807, 2.05) is 30.3 Å². The smallest absolute Gasteiger partial charge is 0.285 e. The van der Waals surface area contributed by atoms with Crippen LogP contribution in [0.2, 0.25) is 5.02 Å². The van der Waals surface area contributed by atoms with Gasteiger partial charge in [0.1, 0.15) is 5.02 Å². The van der Waals surface area contributed by atoms with E-state index in [1.54, 1.807) is 0 Å². The number of aromatic amines is 1. The third kappa shape index (κ3) is 2.71. The van der Waals surface area contributed by atoms with Gasteiger partial charge in [0, 0.05) is 0 Å². The molecule has 0 fully saturated rings. The summed E-state index contributed by atoms with van der Waals surface area (Å²) in [5, 5.41) is 9.41. The van der Waals surface area contributed by atoms with Crippen molar-refractivity contribution >= 4 is 17.3 Å². The van der Waals surface area contributed by atoms with Crippen molar-refractivity contribution in [1.82, 2.24) is 10.2 Å². The molecule has 4 nitrogen and oxygen atoms in total. The van der Waals surface area contributed by atoms with Crippen molar-refractivity contribution in [1.29, 1.82) is 0 Å². The Labute approximate surface area is 110 Å². The van der Waals surface area contributed by atoms with Crippen LogP contribution < -0.4 is 10.9 Å². The maximum absolute atomic E-state index is 11.4. The predicted octanol–water partition coefficient (Wildman–Crippen LogP) is 2.99. The quantitative estimate of drug-likeness (QED) is 0.892. The summed E-state index contributed by atoms with van der Waals surface area (Å²) in [4.78, 5) is 11.4. The van der Waals surface area contributed by atoms with Crippen molar-refractivity contribution in [2.24, 2.45) is 0 Å². The molecule has 2 N–H and O–H groups in total. The maximum Gasteiger partial charge on any atom is 0.285 e. The molecule has 1 aromatic heterocycles. The fourth-order valence-corrected chi connectivity index (χ4v) is 1.92. The number of anilines is 1. The van der Waals surface area contributed by atoms with Crippen LogP contribution in [0.1, 0.15) is 24.9 Å².